The van der Waals surface area contributed by atoms with Gasteiger partial charge in [-0.05, 0) is 38.3 Å². The molecule has 0 radical (unpaired) electrons. The molecule has 2 heteroatoms. The third-order valence-electron chi connectivity index (χ3n) is 4.55. The second kappa shape index (κ2) is 4.84. The number of rotatable bonds is 2. The Morgan fingerprint density at radius 3 is 2.60 bits per heavy atom. The van der Waals surface area contributed by atoms with Crippen molar-refractivity contribution >= 4 is 0 Å². The molecule has 15 heavy (non-hydrogen) atoms. The molecule has 0 aromatic heterocycles. The molecular formula is C13H26N2. The van der Waals surface area contributed by atoms with E-state index in [2.05, 4.69) is 31.1 Å². The van der Waals surface area contributed by atoms with E-state index in [9.17, 15) is 0 Å². The zero-order valence-electron chi connectivity index (χ0n) is 10.5. The molecule has 0 spiro atoms. The van der Waals surface area contributed by atoms with Crippen LogP contribution in [0.1, 0.15) is 39.5 Å². The number of hydrogen-bond acceptors (Lipinski definition) is 2. The van der Waals surface area contributed by atoms with Crippen LogP contribution in [-0.4, -0.2) is 37.1 Å². The molecule has 1 saturated heterocycles. The minimum absolute atomic E-state index is 0.757. The highest BCUT2D eigenvalue weighted by molar-refractivity contribution is 4.88. The van der Waals surface area contributed by atoms with Crippen LogP contribution >= 0.6 is 0 Å². The number of likely N-dealkylation sites (N-methyl/N-ethyl adjacent to an activating group) is 1. The molecule has 1 aliphatic heterocycles. The first kappa shape index (κ1) is 11.4. The first-order chi connectivity index (χ1) is 7.16. The monoisotopic (exact) mass is 210 g/mol. The van der Waals surface area contributed by atoms with E-state index in [-0.39, 0.29) is 0 Å². The summed E-state index contributed by atoms with van der Waals surface area (Å²) in [5, 5.41) is 3.89. The topological polar surface area (TPSA) is 15.3 Å². The van der Waals surface area contributed by atoms with Gasteiger partial charge in [-0.2, -0.15) is 0 Å². The molecule has 1 saturated carbocycles. The molecule has 4 unspecified atom stereocenters. The molecule has 0 amide bonds. The van der Waals surface area contributed by atoms with E-state index in [1.165, 1.54) is 38.8 Å². The molecule has 2 nitrogen and oxygen atoms in total. The number of likely N-dealkylation sites (tertiary alicyclic amines) is 1. The SMILES string of the molecule is CC1CCCC(NC2CCN(C)C2)C1C. The van der Waals surface area contributed by atoms with Crippen molar-refractivity contribution in [2.24, 2.45) is 11.8 Å². The molecule has 0 aromatic carbocycles. The van der Waals surface area contributed by atoms with Gasteiger partial charge in [-0.1, -0.05) is 26.7 Å². The number of hydrogen-bond donors (Lipinski definition) is 1. The Bertz CT molecular complexity index is 205. The van der Waals surface area contributed by atoms with Crippen molar-refractivity contribution in [2.45, 2.75) is 51.6 Å². The lowest BCUT2D eigenvalue weighted by Gasteiger charge is -2.36. The Morgan fingerprint density at radius 2 is 1.93 bits per heavy atom. The van der Waals surface area contributed by atoms with Crippen LogP contribution in [0, 0.1) is 11.8 Å². The molecule has 2 rings (SSSR count). The van der Waals surface area contributed by atoms with Crippen molar-refractivity contribution in [1.29, 1.82) is 0 Å². The minimum Gasteiger partial charge on any atom is -0.310 e. The van der Waals surface area contributed by atoms with Crippen LogP contribution < -0.4 is 5.32 Å². The van der Waals surface area contributed by atoms with Gasteiger partial charge >= 0.3 is 0 Å². The fourth-order valence-corrected chi connectivity index (χ4v) is 3.19. The fraction of sp³-hybridized carbons (Fsp3) is 1.00. The summed E-state index contributed by atoms with van der Waals surface area (Å²) < 4.78 is 0. The summed E-state index contributed by atoms with van der Waals surface area (Å²) in [5.41, 5.74) is 0. The van der Waals surface area contributed by atoms with Crippen LogP contribution in [0.3, 0.4) is 0 Å². The Balaban J connectivity index is 1.82. The number of nitrogens with one attached hydrogen (secondary N) is 1. The summed E-state index contributed by atoms with van der Waals surface area (Å²) in [6.07, 6.45) is 5.59. The molecule has 88 valence electrons. The maximum absolute atomic E-state index is 3.89. The van der Waals surface area contributed by atoms with Gasteiger partial charge in [0.1, 0.15) is 0 Å². The molecule has 1 aliphatic carbocycles. The van der Waals surface area contributed by atoms with Gasteiger partial charge < -0.3 is 10.2 Å². The highest BCUT2D eigenvalue weighted by Gasteiger charge is 2.30. The summed E-state index contributed by atoms with van der Waals surface area (Å²) in [5.74, 6) is 1.78. The van der Waals surface area contributed by atoms with Crippen LogP contribution in [-0.2, 0) is 0 Å². The normalized spacial score (nSPS) is 43.4. The summed E-state index contributed by atoms with van der Waals surface area (Å²) in [6.45, 7) is 7.37. The first-order valence-corrected chi connectivity index (χ1v) is 6.61. The summed E-state index contributed by atoms with van der Waals surface area (Å²) >= 11 is 0. The van der Waals surface area contributed by atoms with E-state index in [0.29, 0.717) is 0 Å². The van der Waals surface area contributed by atoms with Crippen molar-refractivity contribution in [3.8, 4) is 0 Å². The highest BCUT2D eigenvalue weighted by Crippen LogP contribution is 2.30. The fourth-order valence-electron chi connectivity index (χ4n) is 3.19. The maximum atomic E-state index is 3.89. The van der Waals surface area contributed by atoms with Crippen molar-refractivity contribution in [1.82, 2.24) is 10.2 Å². The van der Waals surface area contributed by atoms with E-state index in [4.69, 9.17) is 0 Å². The second-order valence-corrected chi connectivity index (χ2v) is 5.79. The van der Waals surface area contributed by atoms with E-state index < -0.39 is 0 Å². The molecule has 4 atom stereocenters. The van der Waals surface area contributed by atoms with Gasteiger partial charge in [-0.25, -0.2) is 0 Å². The van der Waals surface area contributed by atoms with Crippen LogP contribution in [0.2, 0.25) is 0 Å². The largest absolute Gasteiger partial charge is 0.310 e. The van der Waals surface area contributed by atoms with Crippen LogP contribution in [0.5, 0.6) is 0 Å². The van der Waals surface area contributed by atoms with E-state index in [1.54, 1.807) is 0 Å². The Hall–Kier alpha value is -0.0800. The molecule has 1 heterocycles. The van der Waals surface area contributed by atoms with Crippen LogP contribution in [0.4, 0.5) is 0 Å². The quantitative estimate of drug-likeness (QED) is 0.751. The second-order valence-electron chi connectivity index (χ2n) is 5.79. The van der Waals surface area contributed by atoms with Gasteiger partial charge in [-0.3, -0.25) is 0 Å². The zero-order chi connectivity index (χ0) is 10.8. The summed E-state index contributed by atoms with van der Waals surface area (Å²) in [7, 11) is 2.23. The third-order valence-corrected chi connectivity index (χ3v) is 4.55. The standard InChI is InChI=1S/C13H26N2/c1-10-5-4-6-13(11(10)2)14-12-7-8-15(3)9-12/h10-14H,4-9H2,1-3H3. The van der Waals surface area contributed by atoms with Crippen molar-refractivity contribution < 1.29 is 0 Å². The lowest BCUT2D eigenvalue weighted by Crippen LogP contribution is -2.46. The molecule has 2 aliphatic rings. The predicted molar refractivity (Wildman–Crippen MR) is 65.0 cm³/mol. The van der Waals surface area contributed by atoms with Gasteiger partial charge in [0.05, 0.1) is 0 Å². The predicted octanol–water partition coefficient (Wildman–Crippen LogP) is 2.10. The third kappa shape index (κ3) is 2.73. The van der Waals surface area contributed by atoms with E-state index in [1.807, 2.05) is 0 Å². The van der Waals surface area contributed by atoms with E-state index >= 15 is 0 Å². The smallest absolute Gasteiger partial charge is 0.0209 e. The van der Waals surface area contributed by atoms with Gasteiger partial charge in [0.15, 0.2) is 0 Å². The lowest BCUT2D eigenvalue weighted by atomic mass is 9.78. The summed E-state index contributed by atoms with van der Waals surface area (Å²) in [6, 6.07) is 1.54. The average Bonchev–Trinajstić information content (AvgIpc) is 2.59. The number of nitrogens with zero attached hydrogens (tertiary/aromatic N) is 1. The molecule has 1 N–H and O–H groups in total. The Morgan fingerprint density at radius 1 is 1.13 bits per heavy atom. The van der Waals surface area contributed by atoms with E-state index in [0.717, 1.165) is 23.9 Å². The lowest BCUT2D eigenvalue weighted by molar-refractivity contribution is 0.193. The first-order valence-electron chi connectivity index (χ1n) is 6.61. The summed E-state index contributed by atoms with van der Waals surface area (Å²) in [4.78, 5) is 2.44. The van der Waals surface area contributed by atoms with Gasteiger partial charge in [-0.15, -0.1) is 0 Å². The van der Waals surface area contributed by atoms with Crippen molar-refractivity contribution in [3.05, 3.63) is 0 Å². The molecular weight excluding hydrogens is 184 g/mol. The maximum Gasteiger partial charge on any atom is 0.0209 e. The van der Waals surface area contributed by atoms with Crippen LogP contribution in [0.25, 0.3) is 0 Å². The minimum atomic E-state index is 0.757. The molecule has 0 aromatic rings. The van der Waals surface area contributed by atoms with Gasteiger partial charge in [0.25, 0.3) is 0 Å². The Labute approximate surface area is 94.4 Å². The Kier molecular flexibility index (Phi) is 3.68. The van der Waals surface area contributed by atoms with Crippen molar-refractivity contribution in [2.75, 3.05) is 20.1 Å². The zero-order valence-corrected chi connectivity index (χ0v) is 10.5. The van der Waals surface area contributed by atoms with Crippen LogP contribution in [0.15, 0.2) is 0 Å². The molecule has 0 bridgehead atoms. The average molecular weight is 210 g/mol. The molecule has 2 fully saturated rings. The van der Waals surface area contributed by atoms with Gasteiger partial charge in [0.2, 0.25) is 0 Å². The van der Waals surface area contributed by atoms with Crippen molar-refractivity contribution in [3.63, 3.8) is 0 Å². The highest BCUT2D eigenvalue weighted by atomic mass is 15.2. The van der Waals surface area contributed by atoms with Gasteiger partial charge in [0, 0.05) is 18.6 Å².